The van der Waals surface area contributed by atoms with E-state index in [1.807, 2.05) is 17.8 Å². The first-order valence-electron chi connectivity index (χ1n) is 7.62. The second-order valence-electron chi connectivity index (χ2n) is 5.82. The van der Waals surface area contributed by atoms with Gasteiger partial charge in [-0.3, -0.25) is 0 Å². The Morgan fingerprint density at radius 2 is 2.05 bits per heavy atom. The zero-order valence-corrected chi connectivity index (χ0v) is 15.4. The number of hydrogen-bond acceptors (Lipinski definition) is 3. The van der Waals surface area contributed by atoms with Gasteiger partial charge in [-0.15, -0.1) is 0 Å². The number of nitrogens with one attached hydrogen (secondary N) is 2. The van der Waals surface area contributed by atoms with Crippen molar-refractivity contribution >= 4 is 17.7 Å². The second-order valence-corrected chi connectivity index (χ2v) is 7.33. The monoisotopic (exact) mass is 323 g/mol. The Kier molecular flexibility index (Phi) is 7.59. The average Bonchev–Trinajstić information content (AvgIpc) is 2.50. The molecule has 4 nitrogen and oxygen atoms in total. The van der Waals surface area contributed by atoms with Crippen LogP contribution in [0.15, 0.2) is 23.2 Å². The third kappa shape index (κ3) is 6.18. The maximum Gasteiger partial charge on any atom is 0.191 e. The Morgan fingerprint density at radius 3 is 2.59 bits per heavy atom. The zero-order valence-electron chi connectivity index (χ0n) is 14.6. The molecule has 0 bridgehead atoms. The lowest BCUT2D eigenvalue weighted by molar-refractivity contribution is 0.411. The lowest BCUT2D eigenvalue weighted by Crippen LogP contribution is -2.43. The van der Waals surface area contributed by atoms with E-state index in [0.29, 0.717) is 6.54 Å². The zero-order chi connectivity index (χ0) is 16.6. The Balaban J connectivity index is 2.71. The van der Waals surface area contributed by atoms with Gasteiger partial charge in [-0.2, -0.15) is 11.8 Å². The summed E-state index contributed by atoms with van der Waals surface area (Å²) in [6, 6.07) is 6.18. The molecule has 1 aromatic carbocycles. The first-order valence-corrected chi connectivity index (χ1v) is 8.85. The van der Waals surface area contributed by atoms with Crippen LogP contribution < -0.4 is 15.4 Å². The standard InChI is InChI=1S/C17H29N3OS/c1-7-18-16(20-12-17(3,4)22-6)19-11-14-8-9-15(21-5)13(2)10-14/h8-10H,7,11-12H2,1-6H3,(H2,18,19,20). The Labute approximate surface area is 139 Å². The third-order valence-electron chi connectivity index (χ3n) is 3.46. The molecule has 2 N–H and O–H groups in total. The predicted molar refractivity (Wildman–Crippen MR) is 98.1 cm³/mol. The highest BCUT2D eigenvalue weighted by atomic mass is 32.2. The van der Waals surface area contributed by atoms with Gasteiger partial charge in [-0.05, 0) is 51.1 Å². The summed E-state index contributed by atoms with van der Waals surface area (Å²) in [6.07, 6.45) is 2.13. The number of benzene rings is 1. The minimum Gasteiger partial charge on any atom is -0.496 e. The van der Waals surface area contributed by atoms with Gasteiger partial charge in [0.15, 0.2) is 5.96 Å². The van der Waals surface area contributed by atoms with Crippen molar-refractivity contribution in [2.45, 2.75) is 39.0 Å². The lowest BCUT2D eigenvalue weighted by atomic mass is 10.1. The number of thioether (sulfide) groups is 1. The molecule has 0 aliphatic rings. The van der Waals surface area contributed by atoms with Crippen LogP contribution in [-0.2, 0) is 6.54 Å². The fourth-order valence-corrected chi connectivity index (χ4v) is 2.14. The quantitative estimate of drug-likeness (QED) is 0.597. The number of nitrogens with zero attached hydrogens (tertiary/aromatic N) is 1. The summed E-state index contributed by atoms with van der Waals surface area (Å²) < 4.78 is 5.48. The van der Waals surface area contributed by atoms with Gasteiger partial charge in [0, 0.05) is 17.8 Å². The molecule has 22 heavy (non-hydrogen) atoms. The van der Waals surface area contributed by atoms with Crippen molar-refractivity contribution in [1.29, 1.82) is 0 Å². The van der Waals surface area contributed by atoms with Crippen molar-refractivity contribution in [1.82, 2.24) is 10.6 Å². The molecule has 1 rings (SSSR count). The molecule has 0 amide bonds. The van der Waals surface area contributed by atoms with Gasteiger partial charge in [-0.1, -0.05) is 12.1 Å². The summed E-state index contributed by atoms with van der Waals surface area (Å²) in [5, 5.41) is 6.70. The molecule has 5 heteroatoms. The average molecular weight is 324 g/mol. The van der Waals surface area contributed by atoms with Gasteiger partial charge in [0.1, 0.15) is 5.75 Å². The predicted octanol–water partition coefficient (Wildman–Crippen LogP) is 3.20. The Bertz CT molecular complexity index is 501. The molecule has 0 unspecified atom stereocenters. The lowest BCUT2D eigenvalue weighted by Gasteiger charge is -2.23. The topological polar surface area (TPSA) is 45.7 Å². The molecular weight excluding hydrogens is 294 g/mol. The van der Waals surface area contributed by atoms with Gasteiger partial charge < -0.3 is 15.4 Å². The Morgan fingerprint density at radius 1 is 1.32 bits per heavy atom. The van der Waals surface area contributed by atoms with E-state index in [1.165, 1.54) is 5.56 Å². The molecule has 0 saturated carbocycles. The van der Waals surface area contributed by atoms with Crippen LogP contribution in [0.3, 0.4) is 0 Å². The van der Waals surface area contributed by atoms with Crippen molar-refractivity contribution in [3.63, 3.8) is 0 Å². The summed E-state index contributed by atoms with van der Waals surface area (Å²) in [5.41, 5.74) is 2.32. The largest absolute Gasteiger partial charge is 0.496 e. The van der Waals surface area contributed by atoms with E-state index in [0.717, 1.165) is 30.4 Å². The molecule has 0 heterocycles. The van der Waals surface area contributed by atoms with Crippen LogP contribution in [0.4, 0.5) is 0 Å². The number of rotatable bonds is 7. The van der Waals surface area contributed by atoms with Crippen LogP contribution >= 0.6 is 11.8 Å². The summed E-state index contributed by atoms with van der Waals surface area (Å²) >= 11 is 1.85. The SMILES string of the molecule is CCNC(=NCc1ccc(OC)c(C)c1)NCC(C)(C)SC. The summed E-state index contributed by atoms with van der Waals surface area (Å²) in [7, 11) is 1.70. The molecule has 0 aliphatic heterocycles. The maximum atomic E-state index is 5.29. The molecule has 1 aromatic rings. The van der Waals surface area contributed by atoms with Gasteiger partial charge >= 0.3 is 0 Å². The molecule has 0 fully saturated rings. The van der Waals surface area contributed by atoms with Crippen molar-refractivity contribution in [3.05, 3.63) is 29.3 Å². The van der Waals surface area contributed by atoms with Gasteiger partial charge in [0.2, 0.25) is 0 Å². The Hall–Kier alpha value is -1.36. The highest BCUT2D eigenvalue weighted by molar-refractivity contribution is 7.99. The highest BCUT2D eigenvalue weighted by Gasteiger charge is 2.16. The van der Waals surface area contributed by atoms with Crippen molar-refractivity contribution < 1.29 is 4.74 Å². The fourth-order valence-electron chi connectivity index (χ4n) is 1.92. The van der Waals surface area contributed by atoms with Crippen molar-refractivity contribution in [2.24, 2.45) is 4.99 Å². The highest BCUT2D eigenvalue weighted by Crippen LogP contribution is 2.20. The first-order chi connectivity index (χ1) is 10.4. The maximum absolute atomic E-state index is 5.29. The summed E-state index contributed by atoms with van der Waals surface area (Å²) in [6.45, 7) is 11.0. The molecular formula is C17H29N3OS. The number of aliphatic imine (C=N–C) groups is 1. The van der Waals surface area contributed by atoms with Gasteiger partial charge in [0.25, 0.3) is 0 Å². The van der Waals surface area contributed by atoms with E-state index in [9.17, 15) is 0 Å². The molecule has 0 spiro atoms. The van der Waals surface area contributed by atoms with Gasteiger partial charge in [-0.25, -0.2) is 4.99 Å². The molecule has 0 aliphatic carbocycles. The van der Waals surface area contributed by atoms with Crippen LogP contribution in [0.2, 0.25) is 0 Å². The van der Waals surface area contributed by atoms with Crippen LogP contribution in [0, 0.1) is 6.92 Å². The fraction of sp³-hybridized carbons (Fsp3) is 0.588. The number of ether oxygens (including phenoxy) is 1. The minimum absolute atomic E-state index is 0.187. The normalized spacial score (nSPS) is 12.2. The van der Waals surface area contributed by atoms with Gasteiger partial charge in [0.05, 0.1) is 13.7 Å². The van der Waals surface area contributed by atoms with E-state index in [1.54, 1.807) is 7.11 Å². The van der Waals surface area contributed by atoms with Crippen LogP contribution in [0.1, 0.15) is 31.9 Å². The third-order valence-corrected chi connectivity index (χ3v) is 4.71. The van der Waals surface area contributed by atoms with Crippen LogP contribution in [0.25, 0.3) is 0 Å². The van der Waals surface area contributed by atoms with Crippen LogP contribution in [-0.4, -0.2) is 37.2 Å². The van der Waals surface area contributed by atoms with Crippen molar-refractivity contribution in [3.8, 4) is 5.75 Å². The smallest absolute Gasteiger partial charge is 0.191 e. The molecule has 124 valence electrons. The molecule has 0 radical (unpaired) electrons. The minimum atomic E-state index is 0.187. The van der Waals surface area contributed by atoms with E-state index >= 15 is 0 Å². The molecule has 0 saturated heterocycles. The number of aryl methyl sites for hydroxylation is 1. The first kappa shape index (κ1) is 18.7. The second kappa shape index (κ2) is 8.93. The molecule has 0 aromatic heterocycles. The number of methoxy groups -OCH3 is 1. The molecule has 0 atom stereocenters. The summed E-state index contributed by atoms with van der Waals surface area (Å²) in [5.74, 6) is 1.78. The van der Waals surface area contributed by atoms with Crippen molar-refractivity contribution in [2.75, 3.05) is 26.5 Å². The number of guanidine groups is 1. The van der Waals surface area contributed by atoms with E-state index in [4.69, 9.17) is 4.74 Å². The van der Waals surface area contributed by atoms with E-state index < -0.39 is 0 Å². The van der Waals surface area contributed by atoms with E-state index in [-0.39, 0.29) is 4.75 Å². The number of hydrogen-bond donors (Lipinski definition) is 2. The van der Waals surface area contributed by atoms with E-state index in [2.05, 4.69) is 61.7 Å². The van der Waals surface area contributed by atoms with Crippen LogP contribution in [0.5, 0.6) is 5.75 Å². The summed E-state index contributed by atoms with van der Waals surface area (Å²) in [4.78, 5) is 4.66.